The molecule has 17 rings (SSSR count). The second-order valence-electron chi connectivity index (χ2n) is 24.4. The summed E-state index contributed by atoms with van der Waals surface area (Å²) in [4.78, 5) is 10.2. The summed E-state index contributed by atoms with van der Waals surface area (Å²) in [5.74, 6) is 6.98. The van der Waals surface area contributed by atoms with Crippen molar-refractivity contribution in [1.29, 1.82) is 0 Å². The van der Waals surface area contributed by atoms with E-state index in [9.17, 15) is 0 Å². The molecular weight excluding hydrogens is 1190 g/mol. The molecule has 0 aliphatic heterocycles. The Balaban J connectivity index is 0.952. The predicted octanol–water partition coefficient (Wildman–Crippen LogP) is 24.7. The van der Waals surface area contributed by atoms with E-state index in [2.05, 4.69) is 379 Å². The maximum Gasteiger partial charge on any atom is 0.0613 e. The van der Waals surface area contributed by atoms with Crippen molar-refractivity contribution < 1.29 is 0 Å². The fourth-order valence-corrected chi connectivity index (χ4v) is 23.0. The van der Waals surface area contributed by atoms with Crippen molar-refractivity contribution in [3.05, 3.63) is 375 Å². The van der Waals surface area contributed by atoms with E-state index in [1.165, 1.54) is 128 Å². The zero-order valence-corrected chi connectivity index (χ0v) is 54.1. The van der Waals surface area contributed by atoms with E-state index < -0.39 is 20.1 Å². The summed E-state index contributed by atoms with van der Waals surface area (Å²) in [5, 5.41) is 3.72. The van der Waals surface area contributed by atoms with Crippen molar-refractivity contribution in [2.24, 2.45) is 0 Å². The number of para-hydroxylation sites is 1. The maximum atomic E-state index is 3.60. The molecule has 2 aliphatic rings. The first-order chi connectivity index (χ1) is 47.2. The number of nitrogens with zero attached hydrogens (tertiary/aromatic N) is 2. The summed E-state index contributed by atoms with van der Waals surface area (Å²) >= 11 is 0. The number of hydrogen-bond acceptors (Lipinski definition) is 0. The van der Waals surface area contributed by atoms with Crippen LogP contribution in [0.3, 0.4) is 0 Å². The van der Waals surface area contributed by atoms with Crippen LogP contribution in [-0.4, -0.2) is 9.13 Å². The van der Waals surface area contributed by atoms with Crippen LogP contribution in [0.4, 0.5) is 0 Å². The van der Waals surface area contributed by atoms with Gasteiger partial charge in [0.25, 0.3) is 0 Å². The molecule has 2 nitrogen and oxygen atoms in total. The predicted molar refractivity (Wildman–Crippen MR) is 401 cm³/mol. The topological polar surface area (TPSA) is 9.86 Å². The van der Waals surface area contributed by atoms with Crippen LogP contribution in [0.1, 0.15) is 29.7 Å². The average Bonchev–Trinajstić information content (AvgIpc) is 1.68. The average molecular weight is 1250 g/mol. The second kappa shape index (κ2) is 24.6. The Labute approximate surface area is 559 Å². The third-order valence-corrected chi connectivity index (χ3v) is 26.9. The minimum absolute atomic E-state index is 0.585. The Morgan fingerprint density at radius 1 is 0.347 bits per heavy atom. The largest absolute Gasteiger partial charge is 0.312 e. The summed E-state index contributed by atoms with van der Waals surface area (Å²) in [7, 11) is -4.39. The van der Waals surface area contributed by atoms with Gasteiger partial charge in [0.2, 0.25) is 0 Å². The van der Waals surface area contributed by atoms with Gasteiger partial charge in [0.1, 0.15) is 0 Å². The van der Waals surface area contributed by atoms with Gasteiger partial charge in [-0.15, -0.1) is 20.1 Å². The molecule has 2 aliphatic carbocycles. The molecule has 2 aromatic heterocycles. The van der Waals surface area contributed by atoms with E-state index in [-0.39, 0.29) is 0 Å². The summed E-state index contributed by atoms with van der Waals surface area (Å²) in [6.45, 7) is 0. The van der Waals surface area contributed by atoms with E-state index in [1.807, 2.05) is 6.08 Å². The standard InChI is InChI=1S/C91H66N2S2/c1-2-11-38-68(37-10-1)82-64-79(94(73-43-18-6-19-44-73,77-51-30-41-70(61-77)66-33-12-3-13-34-66)78-52-31-42-71(62-78)67-35-14-4-15-36-67)65-83(69-39-16-5-17-40-69)91(82)93-85-55-28-26-53-80(85)84-63-72(59-60-87(84)93)92-86-56-29-27-54-81(86)90-88(92)57-32-58-89(90)95(74-45-20-7-21-46-74,75-47-22-8-23-48-75)76-49-24-9-25-50-76/h1,3-10,12-27,29-37,39-54,56-65H,28,38,55H2. The van der Waals surface area contributed by atoms with Gasteiger partial charge in [-0.3, -0.25) is 0 Å². The minimum Gasteiger partial charge on any atom is -0.312 e. The van der Waals surface area contributed by atoms with Gasteiger partial charge in [-0.25, -0.2) is 0 Å². The maximum absolute atomic E-state index is 3.60. The molecule has 95 heavy (non-hydrogen) atoms. The molecule has 0 N–H and O–H groups in total. The van der Waals surface area contributed by atoms with Gasteiger partial charge in [0.05, 0.1) is 22.2 Å². The van der Waals surface area contributed by atoms with E-state index in [4.69, 9.17) is 0 Å². The normalized spacial score (nSPS) is 13.2. The molecule has 0 unspecified atom stereocenters. The highest BCUT2D eigenvalue weighted by atomic mass is 32.3. The second-order valence-corrected chi connectivity index (χ2v) is 30.6. The summed E-state index contributed by atoms with van der Waals surface area (Å²) in [6, 6.07) is 125. The fraction of sp³-hybridized carbons (Fsp3) is 0.0330. The fourth-order valence-electron chi connectivity index (χ4n) is 15.0. The van der Waals surface area contributed by atoms with Crippen LogP contribution in [0.5, 0.6) is 0 Å². The van der Waals surface area contributed by atoms with Crippen LogP contribution < -0.4 is 0 Å². The molecule has 0 bridgehead atoms. The molecule has 0 radical (unpaired) electrons. The van der Waals surface area contributed by atoms with Crippen molar-refractivity contribution in [2.45, 2.75) is 58.4 Å². The Kier molecular flexibility index (Phi) is 14.9. The van der Waals surface area contributed by atoms with Gasteiger partial charge in [0.15, 0.2) is 0 Å². The first-order valence-corrected chi connectivity index (χ1v) is 36.1. The Bertz CT molecular complexity index is 5360. The first-order valence-electron chi connectivity index (χ1n) is 32.8. The number of aromatic nitrogens is 2. The molecule has 0 amide bonds. The Morgan fingerprint density at radius 2 is 0.832 bits per heavy atom. The van der Waals surface area contributed by atoms with Gasteiger partial charge in [-0.2, -0.15) is 0 Å². The number of fused-ring (bicyclic) bond motifs is 6. The van der Waals surface area contributed by atoms with E-state index >= 15 is 0 Å². The summed E-state index contributed by atoms with van der Waals surface area (Å²) < 4.78 is 5.20. The SMILES string of the molecule is C1#CCC(c2cc(S(c3ccccc3)(c3cccc(-c4ccccc4)c3)c3cccc(-c4ccccc4)c3)cc(-c3ccccc3)c2-n2c3c(c4cc(-n5c6ccccc6c6c(S(c7ccccc7)(c7ccccc7)c7ccccc7)cccc65)ccc42)C=CCC3)=CC=C1. The van der Waals surface area contributed by atoms with Crippen LogP contribution in [0.15, 0.2) is 397 Å². The molecular formula is C91H66N2S2. The van der Waals surface area contributed by atoms with E-state index in [0.29, 0.717) is 6.42 Å². The third kappa shape index (κ3) is 9.77. The molecule has 2 heterocycles. The molecule has 0 atom stereocenters. The van der Waals surface area contributed by atoms with Crippen molar-refractivity contribution in [1.82, 2.24) is 9.13 Å². The zero-order chi connectivity index (χ0) is 63.1. The van der Waals surface area contributed by atoms with Crippen molar-refractivity contribution in [3.8, 4) is 56.6 Å². The molecule has 13 aromatic carbocycles. The van der Waals surface area contributed by atoms with Crippen LogP contribution in [0, 0.1) is 11.8 Å². The number of hydrogen-bond donors (Lipinski definition) is 0. The van der Waals surface area contributed by atoms with Crippen molar-refractivity contribution >= 4 is 64.4 Å². The van der Waals surface area contributed by atoms with Crippen LogP contribution in [0.25, 0.3) is 89.1 Å². The lowest BCUT2D eigenvalue weighted by molar-refractivity contribution is 0.887. The number of rotatable bonds is 14. The van der Waals surface area contributed by atoms with Crippen LogP contribution in [-0.2, 0) is 6.42 Å². The molecule has 0 saturated carbocycles. The lowest BCUT2D eigenvalue weighted by atomic mass is 9.93. The molecule has 15 aromatic rings. The quantitative estimate of drug-likeness (QED) is 0.0961. The molecule has 0 fully saturated rings. The summed E-state index contributed by atoms with van der Waals surface area (Å²) in [6.07, 6.45) is 13.6. The van der Waals surface area contributed by atoms with Crippen LogP contribution >= 0.6 is 20.1 Å². The van der Waals surface area contributed by atoms with Gasteiger partial charge in [-0.1, -0.05) is 248 Å². The Hall–Kier alpha value is -11.3. The number of benzene rings is 13. The summed E-state index contributed by atoms with van der Waals surface area (Å²) in [5.41, 5.74) is 17.8. The minimum atomic E-state index is -2.35. The molecule has 0 saturated heterocycles. The Morgan fingerprint density at radius 3 is 1.43 bits per heavy atom. The lowest BCUT2D eigenvalue weighted by Gasteiger charge is -2.43. The van der Waals surface area contributed by atoms with Gasteiger partial charge in [0, 0.05) is 89.8 Å². The smallest absolute Gasteiger partial charge is 0.0613 e. The van der Waals surface area contributed by atoms with Gasteiger partial charge >= 0.3 is 0 Å². The highest BCUT2D eigenvalue weighted by Gasteiger charge is 2.39. The van der Waals surface area contributed by atoms with Gasteiger partial charge in [-0.05, 0) is 174 Å². The zero-order valence-electron chi connectivity index (χ0n) is 52.5. The molecule has 4 heteroatoms. The lowest BCUT2D eigenvalue weighted by Crippen LogP contribution is -2.11. The first kappa shape index (κ1) is 57.6. The van der Waals surface area contributed by atoms with Crippen LogP contribution in [0.2, 0.25) is 0 Å². The van der Waals surface area contributed by atoms with Gasteiger partial charge < -0.3 is 9.13 Å². The van der Waals surface area contributed by atoms with E-state index in [1.54, 1.807) is 0 Å². The molecule has 452 valence electrons. The highest BCUT2D eigenvalue weighted by molar-refractivity contribution is 8.34. The van der Waals surface area contributed by atoms with E-state index in [0.717, 1.165) is 24.1 Å². The van der Waals surface area contributed by atoms with Crippen molar-refractivity contribution in [2.75, 3.05) is 0 Å². The monoisotopic (exact) mass is 1250 g/mol. The third-order valence-electron chi connectivity index (χ3n) is 19.1. The highest BCUT2D eigenvalue weighted by Crippen LogP contribution is 2.76. The van der Waals surface area contributed by atoms with Crippen molar-refractivity contribution in [3.63, 3.8) is 0 Å². The molecule has 0 spiro atoms. The number of allylic oxidation sites excluding steroid dienone is 5.